The fourth-order valence-corrected chi connectivity index (χ4v) is 2.64. The molecule has 3 heteroatoms. The Bertz CT molecular complexity index is 306. The van der Waals surface area contributed by atoms with Gasteiger partial charge in [0.15, 0.2) is 0 Å². The van der Waals surface area contributed by atoms with Crippen LogP contribution in [0.3, 0.4) is 0 Å². The molecule has 0 saturated carbocycles. The van der Waals surface area contributed by atoms with Crippen molar-refractivity contribution in [2.45, 2.75) is 39.0 Å². The summed E-state index contributed by atoms with van der Waals surface area (Å²) in [6, 6.07) is 4.32. The lowest BCUT2D eigenvalue weighted by Crippen LogP contribution is -1.99. The van der Waals surface area contributed by atoms with Crippen LogP contribution in [0.1, 0.15) is 35.9 Å². The van der Waals surface area contributed by atoms with E-state index in [0.29, 0.717) is 12.2 Å². The van der Waals surface area contributed by atoms with Crippen molar-refractivity contribution in [3.05, 3.63) is 21.9 Å². The second-order valence-electron chi connectivity index (χ2n) is 3.55. The summed E-state index contributed by atoms with van der Waals surface area (Å²) in [5, 5.41) is 0.928. The summed E-state index contributed by atoms with van der Waals surface area (Å²) in [4.78, 5) is 14.2. The minimum absolute atomic E-state index is 0.390. The van der Waals surface area contributed by atoms with Crippen molar-refractivity contribution in [1.82, 2.24) is 0 Å². The highest BCUT2D eigenvalue weighted by Crippen LogP contribution is 2.18. The van der Waals surface area contributed by atoms with Crippen molar-refractivity contribution in [1.29, 1.82) is 0 Å². The number of halogens is 1. The highest BCUT2D eigenvalue weighted by atomic mass is 79.9. The molecule has 0 aromatic carbocycles. The van der Waals surface area contributed by atoms with Crippen molar-refractivity contribution in [2.75, 3.05) is 5.33 Å². The van der Waals surface area contributed by atoms with Gasteiger partial charge >= 0.3 is 0 Å². The fraction of sp³-hybridized carbons (Fsp3) is 0.583. The number of hydrogen-bond acceptors (Lipinski definition) is 2. The molecule has 0 aliphatic rings. The Morgan fingerprint density at radius 3 is 2.67 bits per heavy atom. The van der Waals surface area contributed by atoms with Gasteiger partial charge in [-0.1, -0.05) is 22.9 Å². The van der Waals surface area contributed by atoms with Gasteiger partial charge in [-0.05, 0) is 31.4 Å². The van der Waals surface area contributed by atoms with Crippen molar-refractivity contribution >= 4 is 33.0 Å². The van der Waals surface area contributed by atoms with E-state index in [1.165, 1.54) is 9.75 Å². The van der Waals surface area contributed by atoms with Crippen molar-refractivity contribution in [3.8, 4) is 0 Å². The van der Waals surface area contributed by atoms with E-state index < -0.39 is 0 Å². The zero-order chi connectivity index (χ0) is 11.1. The highest BCUT2D eigenvalue weighted by molar-refractivity contribution is 9.09. The molecule has 0 atom stereocenters. The third-order valence-corrected chi connectivity index (χ3v) is 4.16. The summed E-state index contributed by atoms with van der Waals surface area (Å²) < 4.78 is 0. The summed E-state index contributed by atoms with van der Waals surface area (Å²) in [6.07, 6.45) is 4.41. The lowest BCUT2D eigenvalue weighted by molar-refractivity contribution is -0.119. The lowest BCUT2D eigenvalue weighted by atomic mass is 10.1. The molecule has 0 amide bonds. The molecule has 0 spiro atoms. The smallest absolute Gasteiger partial charge is 0.133 e. The molecular weight excluding hydrogens is 272 g/mol. The first-order chi connectivity index (χ1) is 7.26. The number of ketones is 1. The van der Waals surface area contributed by atoms with Crippen LogP contribution in [-0.4, -0.2) is 11.1 Å². The van der Waals surface area contributed by atoms with Crippen LogP contribution in [0, 0.1) is 0 Å². The third kappa shape index (κ3) is 4.94. The maximum Gasteiger partial charge on any atom is 0.133 e. The monoisotopic (exact) mass is 288 g/mol. The summed E-state index contributed by atoms with van der Waals surface area (Å²) in [5.74, 6) is 0.390. The van der Waals surface area contributed by atoms with Gasteiger partial charge in [0.25, 0.3) is 0 Å². The Labute approximate surface area is 104 Å². The molecule has 0 radical (unpaired) electrons. The van der Waals surface area contributed by atoms with Crippen LogP contribution in [-0.2, 0) is 17.6 Å². The minimum atomic E-state index is 0.390. The van der Waals surface area contributed by atoms with E-state index in [-0.39, 0.29) is 0 Å². The van der Waals surface area contributed by atoms with Crippen LogP contribution < -0.4 is 0 Å². The van der Waals surface area contributed by atoms with Gasteiger partial charge in [-0.25, -0.2) is 0 Å². The Hall–Kier alpha value is -0.150. The maximum absolute atomic E-state index is 11.4. The number of thiophene rings is 1. The van der Waals surface area contributed by atoms with E-state index >= 15 is 0 Å². The molecule has 0 aliphatic heterocycles. The van der Waals surface area contributed by atoms with Crippen molar-refractivity contribution in [2.24, 2.45) is 0 Å². The normalized spacial score (nSPS) is 10.5. The van der Waals surface area contributed by atoms with Gasteiger partial charge in [0.2, 0.25) is 0 Å². The van der Waals surface area contributed by atoms with Crippen molar-refractivity contribution < 1.29 is 4.79 Å². The molecule has 0 N–H and O–H groups in total. The van der Waals surface area contributed by atoms with Crippen LogP contribution >= 0.6 is 27.3 Å². The topological polar surface area (TPSA) is 17.1 Å². The van der Waals surface area contributed by atoms with E-state index in [2.05, 4.69) is 35.0 Å². The first-order valence-electron chi connectivity index (χ1n) is 5.41. The van der Waals surface area contributed by atoms with E-state index in [4.69, 9.17) is 0 Å². The molecule has 0 fully saturated rings. The van der Waals surface area contributed by atoms with Gasteiger partial charge in [-0.15, -0.1) is 11.3 Å². The number of alkyl halides is 1. The second-order valence-corrected chi connectivity index (χ2v) is 5.60. The van der Waals surface area contributed by atoms with Crippen LogP contribution in [0.4, 0.5) is 0 Å². The number of Topliss-reactive ketones (excluding diaryl/α,β-unsaturated/α-hetero) is 1. The molecule has 0 saturated heterocycles. The van der Waals surface area contributed by atoms with Crippen LogP contribution in [0.15, 0.2) is 12.1 Å². The summed E-state index contributed by atoms with van der Waals surface area (Å²) in [7, 11) is 0. The predicted molar refractivity (Wildman–Crippen MR) is 70.1 cm³/mol. The van der Waals surface area contributed by atoms with Crippen LogP contribution in [0.25, 0.3) is 0 Å². The molecule has 0 bridgehead atoms. The molecule has 84 valence electrons. The maximum atomic E-state index is 11.4. The largest absolute Gasteiger partial charge is 0.300 e. The summed E-state index contributed by atoms with van der Waals surface area (Å²) in [6.45, 7) is 2.16. The zero-order valence-electron chi connectivity index (χ0n) is 9.09. The molecule has 1 aromatic heterocycles. The van der Waals surface area contributed by atoms with Gasteiger partial charge < -0.3 is 0 Å². The Kier molecular flexibility index (Phi) is 6.18. The molecule has 1 heterocycles. The molecule has 0 unspecified atom stereocenters. The average molecular weight is 289 g/mol. The van der Waals surface area contributed by atoms with Crippen molar-refractivity contribution in [3.63, 3.8) is 0 Å². The third-order valence-electron chi connectivity index (χ3n) is 2.31. The predicted octanol–water partition coefficient (Wildman–Crippen LogP) is 3.99. The number of aryl methyl sites for hydroxylation is 2. The standard InChI is InChI=1S/C12H17BrOS/c1-2-11-7-8-12(15-11)6-5-10(14)4-3-9-13/h7-8H,2-6,9H2,1H3. The van der Waals surface area contributed by atoms with E-state index in [1.807, 2.05) is 11.3 Å². The van der Waals surface area contributed by atoms with Gasteiger partial charge in [-0.2, -0.15) is 0 Å². The fourth-order valence-electron chi connectivity index (χ4n) is 1.40. The first kappa shape index (κ1) is 12.9. The molecule has 1 rings (SSSR count). The summed E-state index contributed by atoms with van der Waals surface area (Å²) in [5.41, 5.74) is 0. The first-order valence-corrected chi connectivity index (χ1v) is 7.35. The van der Waals surface area contributed by atoms with E-state index in [1.54, 1.807) is 0 Å². The number of carbonyl (C=O) groups is 1. The number of rotatable bonds is 7. The minimum Gasteiger partial charge on any atom is -0.300 e. The van der Waals surface area contributed by atoms with Gasteiger partial charge in [0.05, 0.1) is 0 Å². The van der Waals surface area contributed by atoms with Gasteiger partial charge in [-0.3, -0.25) is 4.79 Å². The average Bonchev–Trinajstić information content (AvgIpc) is 2.71. The number of carbonyl (C=O) groups excluding carboxylic acids is 1. The van der Waals surface area contributed by atoms with Crippen LogP contribution in [0.2, 0.25) is 0 Å². The lowest BCUT2D eigenvalue weighted by Gasteiger charge is -1.97. The quantitative estimate of drug-likeness (QED) is 0.694. The van der Waals surface area contributed by atoms with Gasteiger partial charge in [0, 0.05) is 27.9 Å². The Morgan fingerprint density at radius 1 is 1.33 bits per heavy atom. The SMILES string of the molecule is CCc1ccc(CCC(=O)CCCBr)s1. The van der Waals surface area contributed by atoms with Crippen LogP contribution in [0.5, 0.6) is 0 Å². The highest BCUT2D eigenvalue weighted by Gasteiger charge is 2.04. The van der Waals surface area contributed by atoms with E-state index in [0.717, 1.165) is 31.0 Å². The van der Waals surface area contributed by atoms with Gasteiger partial charge in [0.1, 0.15) is 5.78 Å². The summed E-state index contributed by atoms with van der Waals surface area (Å²) >= 11 is 5.17. The molecule has 1 aromatic rings. The molecule has 15 heavy (non-hydrogen) atoms. The Morgan fingerprint density at radius 2 is 2.07 bits per heavy atom. The molecule has 1 nitrogen and oxygen atoms in total. The zero-order valence-corrected chi connectivity index (χ0v) is 11.5. The number of hydrogen-bond donors (Lipinski definition) is 0. The molecule has 0 aliphatic carbocycles. The second kappa shape index (κ2) is 7.18. The molecular formula is C12H17BrOS. The Balaban J connectivity index is 2.27. The van der Waals surface area contributed by atoms with E-state index in [9.17, 15) is 4.79 Å².